The van der Waals surface area contributed by atoms with E-state index in [1.165, 1.54) is 0 Å². The van der Waals surface area contributed by atoms with Gasteiger partial charge in [-0.2, -0.15) is 0 Å². The number of rotatable bonds is 6. The number of nitrogens with zero attached hydrogens (tertiary/aromatic N) is 1. The van der Waals surface area contributed by atoms with Gasteiger partial charge in [0.1, 0.15) is 10.8 Å². The van der Waals surface area contributed by atoms with Crippen LogP contribution in [0, 0.1) is 0 Å². The summed E-state index contributed by atoms with van der Waals surface area (Å²) >= 11 is 1.61. The van der Waals surface area contributed by atoms with Crippen molar-refractivity contribution in [3.05, 3.63) is 71.7 Å². The minimum Gasteiger partial charge on any atom is -0.376 e. The molecule has 1 heterocycles. The van der Waals surface area contributed by atoms with Gasteiger partial charge in [0.05, 0.1) is 11.7 Å². The topological polar surface area (TPSA) is 42.0 Å². The van der Waals surface area contributed by atoms with Crippen LogP contribution in [0.2, 0.25) is 0 Å². The number of ketones is 1. The molecular weight excluding hydrogens is 304 g/mol. The van der Waals surface area contributed by atoms with Crippen LogP contribution in [0.1, 0.15) is 25.1 Å². The monoisotopic (exact) mass is 322 g/mol. The average molecular weight is 322 g/mol. The molecule has 1 atom stereocenters. The van der Waals surface area contributed by atoms with Crippen LogP contribution < -0.4 is 5.32 Å². The Morgan fingerprint density at radius 2 is 1.74 bits per heavy atom. The van der Waals surface area contributed by atoms with Crippen molar-refractivity contribution in [2.45, 2.75) is 19.4 Å². The number of aromatic nitrogens is 1. The van der Waals surface area contributed by atoms with E-state index in [0.29, 0.717) is 6.42 Å². The van der Waals surface area contributed by atoms with Gasteiger partial charge in [-0.15, -0.1) is 11.3 Å². The highest BCUT2D eigenvalue weighted by atomic mass is 32.1. The molecule has 1 aromatic heterocycles. The molecule has 1 unspecified atom stereocenters. The first kappa shape index (κ1) is 15.4. The Hall–Kier alpha value is -2.46. The van der Waals surface area contributed by atoms with E-state index in [1.54, 1.807) is 18.3 Å². The lowest BCUT2D eigenvalue weighted by Gasteiger charge is -2.16. The van der Waals surface area contributed by atoms with Crippen LogP contribution in [0.3, 0.4) is 0 Å². The zero-order valence-corrected chi connectivity index (χ0v) is 13.7. The number of benzene rings is 2. The van der Waals surface area contributed by atoms with Crippen molar-refractivity contribution >= 4 is 22.8 Å². The van der Waals surface area contributed by atoms with Crippen molar-refractivity contribution in [2.75, 3.05) is 5.32 Å². The van der Waals surface area contributed by atoms with Crippen molar-refractivity contribution in [3.8, 4) is 10.6 Å². The summed E-state index contributed by atoms with van der Waals surface area (Å²) in [6, 6.07) is 19.9. The molecule has 116 valence electrons. The molecule has 0 saturated heterocycles. The molecule has 0 radical (unpaired) electrons. The molecule has 0 aliphatic carbocycles. The number of Topliss-reactive ketones (excluding diaryl/α,β-unsaturated/α-hetero) is 1. The normalized spacial score (nSPS) is 11.9. The Kier molecular flexibility index (Phi) is 4.83. The second kappa shape index (κ2) is 7.20. The molecule has 0 saturated carbocycles. The minimum absolute atomic E-state index is 0.108. The summed E-state index contributed by atoms with van der Waals surface area (Å²) in [5, 5.41) is 6.42. The molecule has 2 aromatic carbocycles. The first-order valence-corrected chi connectivity index (χ1v) is 8.42. The molecule has 3 rings (SSSR count). The number of hydrogen-bond acceptors (Lipinski definition) is 4. The van der Waals surface area contributed by atoms with Crippen LogP contribution in [-0.4, -0.2) is 10.8 Å². The number of carbonyl (C=O) groups excluding carboxylic acids is 1. The maximum atomic E-state index is 11.6. The molecule has 4 heteroatoms. The van der Waals surface area contributed by atoms with E-state index in [9.17, 15) is 4.79 Å². The Morgan fingerprint density at radius 3 is 2.39 bits per heavy atom. The van der Waals surface area contributed by atoms with Crippen molar-refractivity contribution in [2.24, 2.45) is 0 Å². The lowest BCUT2D eigenvalue weighted by molar-refractivity contribution is -0.117. The molecular formula is C19H18N2OS. The number of carbonyl (C=O) groups is 1. The Morgan fingerprint density at radius 1 is 1.09 bits per heavy atom. The molecule has 0 fully saturated rings. The van der Waals surface area contributed by atoms with Gasteiger partial charge in [0.25, 0.3) is 0 Å². The van der Waals surface area contributed by atoms with Gasteiger partial charge >= 0.3 is 0 Å². The van der Waals surface area contributed by atoms with Crippen molar-refractivity contribution in [3.63, 3.8) is 0 Å². The smallest absolute Gasteiger partial charge is 0.132 e. The highest BCUT2D eigenvalue weighted by molar-refractivity contribution is 7.13. The van der Waals surface area contributed by atoms with Crippen LogP contribution in [0.25, 0.3) is 10.6 Å². The van der Waals surface area contributed by atoms with Gasteiger partial charge < -0.3 is 5.32 Å². The van der Waals surface area contributed by atoms with E-state index in [4.69, 9.17) is 4.98 Å². The highest BCUT2D eigenvalue weighted by Crippen LogP contribution is 2.29. The van der Waals surface area contributed by atoms with Crippen LogP contribution in [0.4, 0.5) is 5.69 Å². The molecule has 0 amide bonds. The number of hydrogen-bond donors (Lipinski definition) is 1. The predicted molar refractivity (Wildman–Crippen MR) is 95.7 cm³/mol. The lowest BCUT2D eigenvalue weighted by Crippen LogP contribution is -2.14. The Bertz CT molecular complexity index is 768. The molecule has 0 aliphatic heterocycles. The van der Waals surface area contributed by atoms with E-state index in [2.05, 4.69) is 5.32 Å². The average Bonchev–Trinajstić information content (AvgIpc) is 3.06. The van der Waals surface area contributed by atoms with E-state index in [-0.39, 0.29) is 11.8 Å². The standard InChI is InChI=1S/C19H18N2OS/c1-14(22)12-17(20-16-10-6-3-7-11-16)18-13-23-19(21-18)15-8-4-2-5-9-15/h2-11,13,17,20H,12H2,1H3. The largest absolute Gasteiger partial charge is 0.376 e. The summed E-state index contributed by atoms with van der Waals surface area (Å²) in [4.78, 5) is 16.4. The number of para-hydroxylation sites is 1. The van der Waals surface area contributed by atoms with E-state index in [0.717, 1.165) is 22.0 Å². The summed E-state index contributed by atoms with van der Waals surface area (Å²) in [7, 11) is 0. The van der Waals surface area contributed by atoms with Crippen molar-refractivity contribution < 1.29 is 4.79 Å². The van der Waals surface area contributed by atoms with Crippen molar-refractivity contribution in [1.82, 2.24) is 4.98 Å². The molecule has 0 spiro atoms. The van der Waals surface area contributed by atoms with Gasteiger partial charge in [-0.05, 0) is 19.1 Å². The van der Waals surface area contributed by atoms with Gasteiger partial charge in [-0.1, -0.05) is 48.5 Å². The van der Waals surface area contributed by atoms with Crippen LogP contribution in [-0.2, 0) is 4.79 Å². The van der Waals surface area contributed by atoms with Crippen LogP contribution in [0.5, 0.6) is 0 Å². The summed E-state index contributed by atoms with van der Waals surface area (Å²) in [6.07, 6.45) is 0.423. The van der Waals surface area contributed by atoms with Gasteiger partial charge in [-0.3, -0.25) is 4.79 Å². The third-order valence-electron chi connectivity index (χ3n) is 3.51. The number of thiazole rings is 1. The zero-order valence-electron chi connectivity index (χ0n) is 12.9. The summed E-state index contributed by atoms with van der Waals surface area (Å²) in [5.74, 6) is 0.146. The van der Waals surface area contributed by atoms with Gasteiger partial charge in [-0.25, -0.2) is 4.98 Å². The second-order valence-electron chi connectivity index (χ2n) is 5.41. The summed E-state index contributed by atoms with van der Waals surface area (Å²) in [5.41, 5.74) is 3.01. The van der Waals surface area contributed by atoms with Crippen LogP contribution in [0.15, 0.2) is 66.0 Å². The quantitative estimate of drug-likeness (QED) is 0.698. The molecule has 23 heavy (non-hydrogen) atoms. The molecule has 3 nitrogen and oxygen atoms in total. The zero-order chi connectivity index (χ0) is 16.1. The molecule has 3 aromatic rings. The number of anilines is 1. The Balaban J connectivity index is 1.85. The Labute approximate surface area is 140 Å². The van der Waals surface area contributed by atoms with Gasteiger partial charge in [0, 0.05) is 23.1 Å². The maximum Gasteiger partial charge on any atom is 0.132 e. The first-order chi connectivity index (χ1) is 11.2. The first-order valence-electron chi connectivity index (χ1n) is 7.54. The van der Waals surface area contributed by atoms with E-state index in [1.807, 2.05) is 66.0 Å². The predicted octanol–water partition coefficient (Wildman–Crippen LogP) is 4.94. The van der Waals surface area contributed by atoms with Gasteiger partial charge in [0.15, 0.2) is 0 Å². The fourth-order valence-corrected chi connectivity index (χ4v) is 3.29. The SMILES string of the molecule is CC(=O)CC(Nc1ccccc1)c1csc(-c2ccccc2)n1. The minimum atomic E-state index is -0.108. The van der Waals surface area contributed by atoms with Crippen molar-refractivity contribution in [1.29, 1.82) is 0 Å². The summed E-state index contributed by atoms with van der Waals surface area (Å²) in [6.45, 7) is 1.62. The number of nitrogens with one attached hydrogen (secondary N) is 1. The highest BCUT2D eigenvalue weighted by Gasteiger charge is 2.17. The van der Waals surface area contributed by atoms with E-state index < -0.39 is 0 Å². The fourth-order valence-electron chi connectivity index (χ4n) is 2.41. The maximum absolute atomic E-state index is 11.6. The fraction of sp³-hybridized carbons (Fsp3) is 0.158. The van der Waals surface area contributed by atoms with Crippen LogP contribution >= 0.6 is 11.3 Å². The molecule has 1 N–H and O–H groups in total. The van der Waals surface area contributed by atoms with Gasteiger partial charge in [0.2, 0.25) is 0 Å². The second-order valence-corrected chi connectivity index (χ2v) is 6.27. The third-order valence-corrected chi connectivity index (χ3v) is 4.42. The van der Waals surface area contributed by atoms with E-state index >= 15 is 0 Å². The summed E-state index contributed by atoms with van der Waals surface area (Å²) < 4.78 is 0. The molecule has 0 bridgehead atoms. The molecule has 0 aliphatic rings. The third kappa shape index (κ3) is 4.05. The lowest BCUT2D eigenvalue weighted by atomic mass is 10.1.